The van der Waals surface area contributed by atoms with E-state index in [0.717, 1.165) is 38.2 Å². The van der Waals surface area contributed by atoms with Gasteiger partial charge in [-0.15, -0.1) is 0 Å². The Kier molecular flexibility index (Phi) is 10.0. The molecule has 1 heterocycles. The summed E-state index contributed by atoms with van der Waals surface area (Å²) in [5, 5.41) is 0. The summed E-state index contributed by atoms with van der Waals surface area (Å²) < 4.78 is 45.2. The fourth-order valence-corrected chi connectivity index (χ4v) is 5.19. The first-order valence-electron chi connectivity index (χ1n) is 12.7. The first-order chi connectivity index (χ1) is 16.3. The molecular weight excluding hydrogens is 442 g/mol. The van der Waals surface area contributed by atoms with Crippen molar-refractivity contribution in [2.24, 2.45) is 17.8 Å². The number of fused-ring (bicyclic) bond motifs is 1. The number of allylic oxidation sites excluding steroid dienone is 5. The predicted octanol–water partition coefficient (Wildman–Crippen LogP) is 5.94. The number of carbonyl (C=O) groups excluding carboxylic acids is 2. The number of hydrogen-bond donors (Lipinski definition) is 0. The number of alkyl halides is 2. The zero-order chi connectivity index (χ0) is 24.6. The van der Waals surface area contributed by atoms with Crippen molar-refractivity contribution in [1.29, 1.82) is 0 Å². The number of ether oxygens (including phenoxy) is 3. The SMILES string of the molecule is CCCCC(F)(F)C(=O)/C=C/[C@H]1[C@H]2CC(C=CCCC(=O)OC)=C[C@H]2C[C@H]1OC1CCCCO1. The van der Waals surface area contributed by atoms with Crippen LogP contribution in [0.25, 0.3) is 0 Å². The number of esters is 1. The normalized spacial score (nSPS) is 29.5. The molecule has 34 heavy (non-hydrogen) atoms. The average molecular weight is 481 g/mol. The fourth-order valence-electron chi connectivity index (χ4n) is 5.19. The molecule has 0 aromatic rings. The number of halogens is 2. The summed E-state index contributed by atoms with van der Waals surface area (Å²) in [6, 6.07) is 0. The summed E-state index contributed by atoms with van der Waals surface area (Å²) in [5.74, 6) is -4.35. The number of rotatable bonds is 12. The van der Waals surface area contributed by atoms with Crippen molar-refractivity contribution in [3.05, 3.63) is 36.0 Å². The summed E-state index contributed by atoms with van der Waals surface area (Å²) in [7, 11) is 1.38. The Balaban J connectivity index is 1.67. The van der Waals surface area contributed by atoms with Gasteiger partial charge in [-0.2, -0.15) is 8.78 Å². The van der Waals surface area contributed by atoms with E-state index in [4.69, 9.17) is 9.47 Å². The Morgan fingerprint density at radius 3 is 2.82 bits per heavy atom. The standard InChI is InChI=1S/C27H38F2O5/c1-3-4-14-27(28,29)24(30)13-12-21-22-17-19(9-5-6-10-25(31)32-2)16-20(22)18-23(21)34-26-11-7-8-15-33-26/h5,9,12-13,16,20-23,26H,3-4,6-8,10-11,14-15,17-18H2,1-2H3/b9-5?,13-12+/t20-,21-,22-,23+,26?/m0/s1. The van der Waals surface area contributed by atoms with E-state index in [9.17, 15) is 18.4 Å². The minimum atomic E-state index is -3.32. The number of ketones is 1. The number of unbranched alkanes of at least 4 members (excludes halogenated alkanes) is 1. The van der Waals surface area contributed by atoms with Gasteiger partial charge in [-0.25, -0.2) is 0 Å². The van der Waals surface area contributed by atoms with Gasteiger partial charge in [-0.1, -0.05) is 43.2 Å². The zero-order valence-electron chi connectivity index (χ0n) is 20.3. The lowest BCUT2D eigenvalue weighted by molar-refractivity contribution is -0.192. The monoisotopic (exact) mass is 480 g/mol. The van der Waals surface area contributed by atoms with Gasteiger partial charge in [0.15, 0.2) is 6.29 Å². The summed E-state index contributed by atoms with van der Waals surface area (Å²) in [6.07, 6.45) is 14.5. The lowest BCUT2D eigenvalue weighted by Gasteiger charge is -2.29. The van der Waals surface area contributed by atoms with Crippen molar-refractivity contribution in [2.75, 3.05) is 13.7 Å². The molecule has 1 saturated heterocycles. The largest absolute Gasteiger partial charge is 0.469 e. The second-order valence-corrected chi connectivity index (χ2v) is 9.61. The van der Waals surface area contributed by atoms with Gasteiger partial charge in [0.05, 0.1) is 13.2 Å². The molecule has 3 rings (SSSR count). The van der Waals surface area contributed by atoms with Crippen LogP contribution in [-0.4, -0.2) is 43.8 Å². The van der Waals surface area contributed by atoms with Crippen LogP contribution in [-0.2, 0) is 23.8 Å². The Bertz CT molecular complexity index is 782. The van der Waals surface area contributed by atoms with Gasteiger partial charge in [0, 0.05) is 25.4 Å². The molecule has 0 radical (unpaired) electrons. The first-order valence-corrected chi connectivity index (χ1v) is 12.7. The fraction of sp³-hybridized carbons (Fsp3) is 0.704. The third-order valence-electron chi connectivity index (χ3n) is 7.09. The van der Waals surface area contributed by atoms with Gasteiger partial charge in [0.25, 0.3) is 0 Å². The van der Waals surface area contributed by atoms with Crippen LogP contribution in [0, 0.1) is 17.8 Å². The third-order valence-corrected chi connectivity index (χ3v) is 7.09. The maximum atomic E-state index is 14.2. The smallest absolute Gasteiger partial charge is 0.309 e. The van der Waals surface area contributed by atoms with Crippen molar-refractivity contribution in [2.45, 2.75) is 89.4 Å². The Hall–Kier alpha value is -1.86. The Labute approximate surface area is 201 Å². The lowest BCUT2D eigenvalue weighted by Crippen LogP contribution is -2.31. The topological polar surface area (TPSA) is 61.8 Å². The van der Waals surface area contributed by atoms with Crippen molar-refractivity contribution >= 4 is 11.8 Å². The second kappa shape index (κ2) is 12.7. The molecule has 1 aliphatic heterocycles. The van der Waals surface area contributed by atoms with Crippen LogP contribution in [0.5, 0.6) is 0 Å². The van der Waals surface area contributed by atoms with Crippen LogP contribution >= 0.6 is 0 Å². The molecule has 1 unspecified atom stereocenters. The molecule has 5 nitrogen and oxygen atoms in total. The lowest BCUT2D eigenvalue weighted by atomic mass is 9.88. The van der Waals surface area contributed by atoms with E-state index in [0.29, 0.717) is 32.3 Å². The molecule has 0 spiro atoms. The Morgan fingerprint density at radius 2 is 2.12 bits per heavy atom. The molecule has 3 aliphatic rings. The summed E-state index contributed by atoms with van der Waals surface area (Å²) >= 11 is 0. The number of hydrogen-bond acceptors (Lipinski definition) is 5. The molecule has 0 aromatic heterocycles. The minimum Gasteiger partial charge on any atom is -0.469 e. The van der Waals surface area contributed by atoms with Crippen molar-refractivity contribution in [1.82, 2.24) is 0 Å². The molecule has 5 atom stereocenters. The second-order valence-electron chi connectivity index (χ2n) is 9.61. The van der Waals surface area contributed by atoms with Crippen LogP contribution in [0.3, 0.4) is 0 Å². The summed E-state index contributed by atoms with van der Waals surface area (Å²) in [5.41, 5.74) is 1.17. The highest BCUT2D eigenvalue weighted by atomic mass is 19.3. The highest BCUT2D eigenvalue weighted by Gasteiger charge is 2.46. The number of methoxy groups -OCH3 is 1. The third kappa shape index (κ3) is 7.32. The summed E-state index contributed by atoms with van der Waals surface area (Å²) in [6.45, 7) is 2.51. The van der Waals surface area contributed by atoms with Gasteiger partial charge in [-0.05, 0) is 62.9 Å². The summed E-state index contributed by atoms with van der Waals surface area (Å²) in [4.78, 5) is 23.6. The maximum absolute atomic E-state index is 14.2. The van der Waals surface area contributed by atoms with E-state index in [-0.39, 0.29) is 36.1 Å². The van der Waals surface area contributed by atoms with Gasteiger partial charge >= 0.3 is 11.9 Å². The highest BCUT2D eigenvalue weighted by molar-refractivity contribution is 5.95. The molecule has 0 aromatic carbocycles. The highest BCUT2D eigenvalue weighted by Crippen LogP contribution is 2.49. The van der Waals surface area contributed by atoms with Crippen LogP contribution in [0.1, 0.15) is 71.1 Å². The van der Waals surface area contributed by atoms with Gasteiger partial charge in [-0.3, -0.25) is 9.59 Å². The number of carbonyl (C=O) groups is 2. The van der Waals surface area contributed by atoms with Gasteiger partial charge in [0.2, 0.25) is 5.78 Å². The molecule has 2 aliphatic carbocycles. The van der Waals surface area contributed by atoms with E-state index in [1.165, 1.54) is 12.7 Å². The van der Waals surface area contributed by atoms with Gasteiger partial charge in [0.1, 0.15) is 0 Å². The first kappa shape index (κ1) is 26.7. The maximum Gasteiger partial charge on any atom is 0.309 e. The molecular formula is C27H38F2O5. The van der Waals surface area contributed by atoms with Crippen molar-refractivity contribution in [3.63, 3.8) is 0 Å². The minimum absolute atomic E-state index is 0.126. The van der Waals surface area contributed by atoms with E-state index in [2.05, 4.69) is 10.8 Å². The zero-order valence-corrected chi connectivity index (χ0v) is 20.3. The Morgan fingerprint density at radius 1 is 1.29 bits per heavy atom. The van der Waals surface area contributed by atoms with E-state index in [1.54, 1.807) is 6.08 Å². The predicted molar refractivity (Wildman–Crippen MR) is 125 cm³/mol. The van der Waals surface area contributed by atoms with Crippen LogP contribution in [0.4, 0.5) is 8.78 Å². The van der Waals surface area contributed by atoms with E-state index < -0.39 is 18.1 Å². The molecule has 2 fully saturated rings. The van der Waals surface area contributed by atoms with E-state index in [1.807, 2.05) is 19.1 Å². The molecule has 1 saturated carbocycles. The van der Waals surface area contributed by atoms with Crippen molar-refractivity contribution < 1.29 is 32.6 Å². The van der Waals surface area contributed by atoms with Gasteiger partial charge < -0.3 is 14.2 Å². The van der Waals surface area contributed by atoms with Crippen molar-refractivity contribution in [3.8, 4) is 0 Å². The van der Waals surface area contributed by atoms with Crippen LogP contribution < -0.4 is 0 Å². The molecule has 0 bridgehead atoms. The molecule has 7 heteroatoms. The molecule has 0 N–H and O–H groups in total. The van der Waals surface area contributed by atoms with Crippen LogP contribution in [0.2, 0.25) is 0 Å². The quantitative estimate of drug-likeness (QED) is 0.256. The van der Waals surface area contributed by atoms with Crippen LogP contribution in [0.15, 0.2) is 36.0 Å². The molecule has 190 valence electrons. The molecule has 0 amide bonds. The van der Waals surface area contributed by atoms with E-state index >= 15 is 0 Å². The average Bonchev–Trinajstić information content (AvgIpc) is 3.36.